The van der Waals surface area contributed by atoms with Crippen LogP contribution >= 0.6 is 0 Å². The number of ether oxygens (including phenoxy) is 4. The molecule has 8 nitrogen and oxygen atoms in total. The van der Waals surface area contributed by atoms with E-state index in [2.05, 4.69) is 15.5 Å². The van der Waals surface area contributed by atoms with Gasteiger partial charge < -0.3 is 18.9 Å². The van der Waals surface area contributed by atoms with E-state index < -0.39 is 0 Å². The minimum Gasteiger partial charge on any atom is -0.493 e. The molecule has 3 rings (SSSR count). The molecule has 0 unspecified atom stereocenters. The van der Waals surface area contributed by atoms with Crippen molar-refractivity contribution >= 4 is 12.1 Å². The number of hydrazone groups is 1. The van der Waals surface area contributed by atoms with Crippen LogP contribution in [-0.4, -0.2) is 44.0 Å². The molecule has 33 heavy (non-hydrogen) atoms. The van der Waals surface area contributed by atoms with Crippen LogP contribution in [0.4, 0.5) is 0 Å². The Balaban J connectivity index is 1.51. The van der Waals surface area contributed by atoms with Gasteiger partial charge in [-0.25, -0.2) is 5.43 Å². The van der Waals surface area contributed by atoms with Gasteiger partial charge in [0.15, 0.2) is 23.0 Å². The number of methoxy groups -OCH3 is 1. The van der Waals surface area contributed by atoms with Gasteiger partial charge in [-0.3, -0.25) is 9.78 Å². The van der Waals surface area contributed by atoms with Crippen LogP contribution in [0.2, 0.25) is 0 Å². The number of hydrogen-bond donors (Lipinski definition) is 1. The Morgan fingerprint density at radius 3 is 2.33 bits per heavy atom. The van der Waals surface area contributed by atoms with E-state index in [9.17, 15) is 4.79 Å². The normalized spacial score (nSPS) is 10.6. The molecular weight excluding hydrogens is 422 g/mol. The van der Waals surface area contributed by atoms with Crippen LogP contribution < -0.4 is 24.4 Å². The van der Waals surface area contributed by atoms with Crippen LogP contribution in [-0.2, 0) is 0 Å². The minimum atomic E-state index is -0.311. The summed E-state index contributed by atoms with van der Waals surface area (Å²) in [4.78, 5) is 15.9. The third-order valence-corrected chi connectivity index (χ3v) is 4.46. The average Bonchev–Trinajstić information content (AvgIpc) is 2.86. The van der Waals surface area contributed by atoms with Crippen molar-refractivity contribution in [2.45, 2.75) is 13.3 Å². The number of aromatic nitrogens is 1. The van der Waals surface area contributed by atoms with Crippen molar-refractivity contribution in [1.82, 2.24) is 10.4 Å². The van der Waals surface area contributed by atoms with E-state index in [1.54, 1.807) is 37.9 Å². The zero-order valence-electron chi connectivity index (χ0n) is 18.7. The maximum absolute atomic E-state index is 12.0. The number of rotatable bonds is 12. The summed E-state index contributed by atoms with van der Waals surface area (Å²) in [5.74, 6) is 2.33. The van der Waals surface area contributed by atoms with Crippen LogP contribution in [0.1, 0.15) is 29.3 Å². The molecule has 0 fully saturated rings. The lowest BCUT2D eigenvalue weighted by Gasteiger charge is -2.13. The minimum absolute atomic E-state index is 0.311. The predicted octanol–water partition coefficient (Wildman–Crippen LogP) is 4.10. The second kappa shape index (κ2) is 12.7. The van der Waals surface area contributed by atoms with Gasteiger partial charge in [0, 0.05) is 24.4 Å². The SMILES string of the molecule is CCOc1cc(/C=N/NC(=O)c2ccncc2)ccc1OCCCOc1ccccc1OC. The Labute approximate surface area is 193 Å². The third-order valence-electron chi connectivity index (χ3n) is 4.46. The summed E-state index contributed by atoms with van der Waals surface area (Å²) in [6, 6.07) is 16.2. The molecule has 1 N–H and O–H groups in total. The quantitative estimate of drug-likeness (QED) is 0.254. The standard InChI is InChI=1S/C25H27N3O5/c1-3-31-24-17-19(18-27-28-25(29)20-11-13-26-14-12-20)9-10-23(24)33-16-6-15-32-22-8-5-4-7-21(22)30-2/h4-5,7-14,17-18H,3,6,15-16H2,1-2H3,(H,28,29)/b27-18+. The van der Waals surface area contributed by atoms with Crippen LogP contribution in [0, 0.1) is 0 Å². The van der Waals surface area contributed by atoms with E-state index in [1.807, 2.05) is 49.4 Å². The first-order valence-electron chi connectivity index (χ1n) is 10.6. The Hall–Kier alpha value is -4.07. The lowest BCUT2D eigenvalue weighted by Crippen LogP contribution is -2.17. The Morgan fingerprint density at radius 2 is 1.64 bits per heavy atom. The Morgan fingerprint density at radius 1 is 0.939 bits per heavy atom. The first-order valence-corrected chi connectivity index (χ1v) is 10.6. The van der Waals surface area contributed by atoms with Gasteiger partial charge in [0.05, 0.1) is 33.1 Å². The maximum atomic E-state index is 12.0. The molecule has 2 aromatic carbocycles. The Kier molecular flexibility index (Phi) is 9.08. The fraction of sp³-hybridized carbons (Fsp3) is 0.240. The summed E-state index contributed by atoms with van der Waals surface area (Å²) in [7, 11) is 1.61. The van der Waals surface area contributed by atoms with Crippen molar-refractivity contribution in [3.8, 4) is 23.0 Å². The summed E-state index contributed by atoms with van der Waals surface area (Å²) >= 11 is 0. The van der Waals surface area contributed by atoms with E-state index in [1.165, 1.54) is 0 Å². The molecule has 0 atom stereocenters. The molecule has 1 heterocycles. The first kappa shape index (κ1) is 23.6. The van der Waals surface area contributed by atoms with Gasteiger partial charge in [0.1, 0.15) is 0 Å². The number of carbonyl (C=O) groups is 1. The maximum Gasteiger partial charge on any atom is 0.271 e. The number of benzene rings is 2. The van der Waals surface area contributed by atoms with Crippen LogP contribution in [0.25, 0.3) is 0 Å². The highest BCUT2D eigenvalue weighted by atomic mass is 16.5. The number of hydrogen-bond acceptors (Lipinski definition) is 7. The van der Waals surface area contributed by atoms with Gasteiger partial charge >= 0.3 is 0 Å². The largest absolute Gasteiger partial charge is 0.493 e. The summed E-state index contributed by atoms with van der Waals surface area (Å²) in [5.41, 5.74) is 3.74. The van der Waals surface area contributed by atoms with Crippen molar-refractivity contribution in [3.63, 3.8) is 0 Å². The molecule has 8 heteroatoms. The zero-order chi connectivity index (χ0) is 23.3. The number of nitrogens with one attached hydrogen (secondary N) is 1. The van der Waals surface area contributed by atoms with E-state index in [0.29, 0.717) is 54.8 Å². The van der Waals surface area contributed by atoms with Gasteiger partial charge in [0.2, 0.25) is 0 Å². The molecule has 0 radical (unpaired) electrons. The average molecular weight is 450 g/mol. The number of amides is 1. The van der Waals surface area contributed by atoms with Crippen molar-refractivity contribution in [2.75, 3.05) is 26.9 Å². The van der Waals surface area contributed by atoms with E-state index in [0.717, 1.165) is 5.56 Å². The lowest BCUT2D eigenvalue weighted by atomic mass is 10.2. The van der Waals surface area contributed by atoms with E-state index >= 15 is 0 Å². The molecule has 0 aliphatic heterocycles. The number of carbonyl (C=O) groups excluding carboxylic acids is 1. The van der Waals surface area contributed by atoms with Gasteiger partial charge in [0.25, 0.3) is 5.91 Å². The molecule has 0 spiro atoms. The van der Waals surface area contributed by atoms with Crippen LogP contribution in [0.5, 0.6) is 23.0 Å². The van der Waals surface area contributed by atoms with Crippen molar-refractivity contribution in [2.24, 2.45) is 5.10 Å². The fourth-order valence-electron chi connectivity index (χ4n) is 2.89. The van der Waals surface area contributed by atoms with Crippen molar-refractivity contribution < 1.29 is 23.7 Å². The summed E-state index contributed by atoms with van der Waals surface area (Å²) in [5, 5.41) is 4.01. The van der Waals surface area contributed by atoms with Crippen LogP contribution in [0.3, 0.4) is 0 Å². The number of para-hydroxylation sites is 2. The highest BCUT2D eigenvalue weighted by Gasteiger charge is 2.07. The van der Waals surface area contributed by atoms with Gasteiger partial charge in [-0.1, -0.05) is 12.1 Å². The molecule has 3 aromatic rings. The highest BCUT2D eigenvalue weighted by molar-refractivity contribution is 5.94. The third kappa shape index (κ3) is 7.24. The molecule has 0 saturated carbocycles. The second-order valence-corrected chi connectivity index (χ2v) is 6.78. The topological polar surface area (TPSA) is 91.3 Å². The fourth-order valence-corrected chi connectivity index (χ4v) is 2.89. The van der Waals surface area contributed by atoms with E-state index in [4.69, 9.17) is 18.9 Å². The summed E-state index contributed by atoms with van der Waals surface area (Å²) < 4.78 is 22.6. The first-order chi connectivity index (χ1) is 16.2. The van der Waals surface area contributed by atoms with E-state index in [-0.39, 0.29) is 5.91 Å². The Bertz CT molecular complexity index is 1060. The van der Waals surface area contributed by atoms with Crippen LogP contribution in [0.15, 0.2) is 72.1 Å². The zero-order valence-corrected chi connectivity index (χ0v) is 18.7. The molecular formula is C25H27N3O5. The van der Waals surface area contributed by atoms with Gasteiger partial charge in [-0.2, -0.15) is 5.10 Å². The molecule has 1 amide bonds. The molecule has 0 saturated heterocycles. The number of nitrogens with zero attached hydrogens (tertiary/aromatic N) is 2. The molecule has 1 aromatic heterocycles. The second-order valence-electron chi connectivity index (χ2n) is 6.78. The highest BCUT2D eigenvalue weighted by Crippen LogP contribution is 2.29. The smallest absolute Gasteiger partial charge is 0.271 e. The molecule has 172 valence electrons. The summed E-state index contributed by atoms with van der Waals surface area (Å²) in [6.07, 6.45) is 5.34. The van der Waals surface area contributed by atoms with Crippen molar-refractivity contribution in [1.29, 1.82) is 0 Å². The van der Waals surface area contributed by atoms with Crippen molar-refractivity contribution in [3.05, 3.63) is 78.1 Å². The van der Waals surface area contributed by atoms with Gasteiger partial charge in [-0.05, 0) is 55.0 Å². The summed E-state index contributed by atoms with van der Waals surface area (Å²) in [6.45, 7) is 3.35. The van der Waals surface area contributed by atoms with Gasteiger partial charge in [-0.15, -0.1) is 0 Å². The predicted molar refractivity (Wildman–Crippen MR) is 126 cm³/mol. The monoisotopic (exact) mass is 449 g/mol. The molecule has 0 aliphatic rings. The lowest BCUT2D eigenvalue weighted by molar-refractivity contribution is 0.0955. The molecule has 0 bridgehead atoms. The molecule has 0 aliphatic carbocycles. The number of pyridine rings is 1.